The van der Waals surface area contributed by atoms with E-state index in [9.17, 15) is 0 Å². The van der Waals surface area contributed by atoms with Crippen LogP contribution in [-0.2, 0) is 0 Å². The Kier molecular flexibility index (Phi) is 4.70. The molecule has 1 unspecified atom stereocenters. The van der Waals surface area contributed by atoms with E-state index in [4.69, 9.17) is 11.6 Å². The van der Waals surface area contributed by atoms with Crippen molar-refractivity contribution in [3.63, 3.8) is 0 Å². The van der Waals surface area contributed by atoms with Crippen LogP contribution in [0.2, 0.25) is 0 Å². The molecule has 0 radical (unpaired) electrons. The molecule has 0 aromatic carbocycles. The van der Waals surface area contributed by atoms with Gasteiger partial charge in [0.15, 0.2) is 0 Å². The second-order valence-electron chi connectivity index (χ2n) is 3.57. The summed E-state index contributed by atoms with van der Waals surface area (Å²) in [4.78, 5) is 0. The monoisotopic (exact) mass is 192 g/mol. The minimum absolute atomic E-state index is 0.695. The number of hydrogen-bond donors (Lipinski definition) is 0. The van der Waals surface area contributed by atoms with Crippen LogP contribution in [0.5, 0.6) is 0 Å². The van der Waals surface area contributed by atoms with Crippen LogP contribution in [0, 0.1) is 11.8 Å². The lowest BCUT2D eigenvalue weighted by Gasteiger charge is -2.05. The van der Waals surface area contributed by atoms with Crippen molar-refractivity contribution in [3.8, 4) is 0 Å². The van der Waals surface area contributed by atoms with Crippen molar-refractivity contribution in [2.45, 2.75) is 26.2 Å². The first-order valence-electron chi connectivity index (χ1n) is 4.46. The van der Waals surface area contributed by atoms with Crippen LogP contribution in [-0.4, -0.2) is 17.4 Å². The van der Waals surface area contributed by atoms with E-state index in [-0.39, 0.29) is 0 Å². The summed E-state index contributed by atoms with van der Waals surface area (Å²) in [6.07, 6.45) is 4.43. The number of halogens is 1. The molecule has 0 N–H and O–H groups in total. The third kappa shape index (κ3) is 4.97. The highest BCUT2D eigenvalue weighted by Crippen LogP contribution is 2.33. The summed E-state index contributed by atoms with van der Waals surface area (Å²) >= 11 is 7.76. The summed E-state index contributed by atoms with van der Waals surface area (Å²) in [6.45, 7) is 2.22. The standard InChI is InChI=1S/C9H17ClS/c1-8(6-10)7-11-5-4-9-2-3-9/h8-9H,2-7H2,1H3. The van der Waals surface area contributed by atoms with Gasteiger partial charge in [-0.05, 0) is 29.8 Å². The van der Waals surface area contributed by atoms with Gasteiger partial charge in [-0.2, -0.15) is 11.8 Å². The summed E-state index contributed by atoms with van der Waals surface area (Å²) in [5.41, 5.74) is 0. The van der Waals surface area contributed by atoms with Gasteiger partial charge in [0.1, 0.15) is 0 Å². The lowest BCUT2D eigenvalue weighted by atomic mass is 10.3. The Labute approximate surface area is 79.1 Å². The van der Waals surface area contributed by atoms with Gasteiger partial charge in [-0.25, -0.2) is 0 Å². The third-order valence-electron chi connectivity index (χ3n) is 2.03. The van der Waals surface area contributed by atoms with Gasteiger partial charge in [-0.1, -0.05) is 19.8 Å². The van der Waals surface area contributed by atoms with Crippen molar-refractivity contribution < 1.29 is 0 Å². The number of hydrogen-bond acceptors (Lipinski definition) is 1. The maximum Gasteiger partial charge on any atom is 0.0257 e. The van der Waals surface area contributed by atoms with E-state index in [2.05, 4.69) is 18.7 Å². The largest absolute Gasteiger partial charge is 0.162 e. The molecule has 1 rings (SSSR count). The van der Waals surface area contributed by atoms with Crippen molar-refractivity contribution in [2.24, 2.45) is 11.8 Å². The molecule has 1 aliphatic rings. The first kappa shape index (κ1) is 9.73. The van der Waals surface area contributed by atoms with Crippen molar-refractivity contribution in [3.05, 3.63) is 0 Å². The Bertz CT molecular complexity index is 102. The maximum atomic E-state index is 5.69. The van der Waals surface area contributed by atoms with Crippen LogP contribution < -0.4 is 0 Å². The average Bonchev–Trinajstić information content (AvgIpc) is 2.81. The minimum Gasteiger partial charge on any atom is -0.162 e. The first-order valence-corrected chi connectivity index (χ1v) is 6.15. The molecule has 1 saturated carbocycles. The fourth-order valence-corrected chi connectivity index (χ4v) is 2.41. The second-order valence-corrected chi connectivity index (χ2v) is 5.02. The van der Waals surface area contributed by atoms with E-state index in [1.165, 1.54) is 30.8 Å². The molecule has 66 valence electrons. The van der Waals surface area contributed by atoms with Gasteiger partial charge >= 0.3 is 0 Å². The van der Waals surface area contributed by atoms with Crippen molar-refractivity contribution in [1.82, 2.24) is 0 Å². The van der Waals surface area contributed by atoms with Crippen LogP contribution in [0.4, 0.5) is 0 Å². The van der Waals surface area contributed by atoms with Gasteiger partial charge in [0, 0.05) is 5.88 Å². The van der Waals surface area contributed by atoms with E-state index in [1.54, 1.807) is 0 Å². The van der Waals surface area contributed by atoms with Gasteiger partial charge in [0.05, 0.1) is 0 Å². The Balaban J connectivity index is 1.79. The first-order chi connectivity index (χ1) is 5.33. The molecule has 0 nitrogen and oxygen atoms in total. The summed E-state index contributed by atoms with van der Waals surface area (Å²) in [5.74, 6) is 5.20. The molecule has 0 aromatic rings. The minimum atomic E-state index is 0.695. The van der Waals surface area contributed by atoms with E-state index in [0.29, 0.717) is 5.92 Å². The van der Waals surface area contributed by atoms with E-state index < -0.39 is 0 Å². The van der Waals surface area contributed by atoms with Crippen molar-refractivity contribution in [1.29, 1.82) is 0 Å². The number of rotatable bonds is 6. The second kappa shape index (κ2) is 5.31. The Hall–Kier alpha value is 0.640. The number of alkyl halides is 1. The molecule has 0 spiro atoms. The third-order valence-corrected chi connectivity index (χ3v) is 3.89. The molecule has 1 fully saturated rings. The summed E-state index contributed by atoms with van der Waals surface area (Å²) in [5, 5.41) is 0. The fraction of sp³-hybridized carbons (Fsp3) is 1.00. The predicted octanol–water partition coefficient (Wildman–Crippen LogP) is 3.39. The lowest BCUT2D eigenvalue weighted by molar-refractivity contribution is 0.754. The number of thioether (sulfide) groups is 1. The normalized spacial score (nSPS) is 20.2. The fourth-order valence-electron chi connectivity index (χ4n) is 0.986. The van der Waals surface area contributed by atoms with Gasteiger partial charge in [-0.3, -0.25) is 0 Å². The molecule has 0 aliphatic heterocycles. The zero-order chi connectivity index (χ0) is 8.10. The van der Waals surface area contributed by atoms with Crippen molar-refractivity contribution in [2.75, 3.05) is 17.4 Å². The summed E-state index contributed by atoms with van der Waals surface area (Å²) < 4.78 is 0. The van der Waals surface area contributed by atoms with Gasteiger partial charge < -0.3 is 0 Å². The highest BCUT2D eigenvalue weighted by atomic mass is 35.5. The van der Waals surface area contributed by atoms with Crippen LogP contribution in [0.3, 0.4) is 0 Å². The lowest BCUT2D eigenvalue weighted by Crippen LogP contribution is -2.00. The van der Waals surface area contributed by atoms with Crippen LogP contribution in [0.25, 0.3) is 0 Å². The summed E-state index contributed by atoms with van der Waals surface area (Å²) in [7, 11) is 0. The molecule has 0 amide bonds. The van der Waals surface area contributed by atoms with E-state index in [1.807, 2.05) is 0 Å². The van der Waals surface area contributed by atoms with Crippen LogP contribution in [0.1, 0.15) is 26.2 Å². The van der Waals surface area contributed by atoms with Gasteiger partial charge in [-0.15, -0.1) is 11.6 Å². The topological polar surface area (TPSA) is 0 Å². The van der Waals surface area contributed by atoms with E-state index >= 15 is 0 Å². The molecule has 11 heavy (non-hydrogen) atoms. The SMILES string of the molecule is CC(CCl)CSCCC1CC1. The molecular weight excluding hydrogens is 176 g/mol. The highest BCUT2D eigenvalue weighted by Gasteiger charge is 2.20. The smallest absolute Gasteiger partial charge is 0.0257 e. The zero-order valence-electron chi connectivity index (χ0n) is 7.18. The molecule has 0 aromatic heterocycles. The van der Waals surface area contributed by atoms with Gasteiger partial charge in [0.25, 0.3) is 0 Å². The molecule has 1 atom stereocenters. The molecule has 0 bridgehead atoms. The Morgan fingerprint density at radius 3 is 2.82 bits per heavy atom. The van der Waals surface area contributed by atoms with Crippen molar-refractivity contribution >= 4 is 23.4 Å². The zero-order valence-corrected chi connectivity index (χ0v) is 8.76. The molecular formula is C9H17ClS. The van der Waals surface area contributed by atoms with Crippen LogP contribution in [0.15, 0.2) is 0 Å². The van der Waals surface area contributed by atoms with Crippen LogP contribution >= 0.6 is 23.4 Å². The maximum absolute atomic E-state index is 5.69. The van der Waals surface area contributed by atoms with E-state index in [0.717, 1.165) is 11.8 Å². The van der Waals surface area contributed by atoms with Gasteiger partial charge in [0.2, 0.25) is 0 Å². The highest BCUT2D eigenvalue weighted by molar-refractivity contribution is 7.99. The average molecular weight is 193 g/mol. The molecule has 1 aliphatic carbocycles. The summed E-state index contributed by atoms with van der Waals surface area (Å²) in [6, 6.07) is 0. The Morgan fingerprint density at radius 2 is 2.27 bits per heavy atom. The Morgan fingerprint density at radius 1 is 1.55 bits per heavy atom. The quantitative estimate of drug-likeness (QED) is 0.459. The molecule has 0 heterocycles. The molecule has 2 heteroatoms. The molecule has 0 saturated heterocycles. The predicted molar refractivity (Wildman–Crippen MR) is 54.6 cm³/mol.